The van der Waals surface area contributed by atoms with Crippen molar-refractivity contribution in [2.24, 2.45) is 0 Å². The predicted molar refractivity (Wildman–Crippen MR) is 361 cm³/mol. The molecular formula is C77H112O6. The van der Waals surface area contributed by atoms with Gasteiger partial charge in [0.25, 0.3) is 0 Å². The highest BCUT2D eigenvalue weighted by Crippen LogP contribution is 2.11. The van der Waals surface area contributed by atoms with E-state index >= 15 is 0 Å². The van der Waals surface area contributed by atoms with Crippen LogP contribution in [-0.4, -0.2) is 37.2 Å². The van der Waals surface area contributed by atoms with Crippen LogP contribution in [0.1, 0.15) is 213 Å². The van der Waals surface area contributed by atoms with Gasteiger partial charge >= 0.3 is 17.9 Å². The number of ether oxygens (including phenoxy) is 3. The molecule has 456 valence electrons. The zero-order chi connectivity index (χ0) is 59.9. The van der Waals surface area contributed by atoms with Gasteiger partial charge in [-0.15, -0.1) is 0 Å². The third-order valence-electron chi connectivity index (χ3n) is 12.2. The third-order valence-corrected chi connectivity index (χ3v) is 12.2. The normalized spacial score (nSPS) is 13.7. The summed E-state index contributed by atoms with van der Waals surface area (Å²) in [4.78, 5) is 38.2. The number of hydrogen-bond donors (Lipinski definition) is 0. The predicted octanol–water partition coefficient (Wildman–Crippen LogP) is 22.3. The number of rotatable bonds is 54. The lowest BCUT2D eigenvalue weighted by molar-refractivity contribution is -0.166. The minimum absolute atomic E-state index is 0.0999. The first-order valence-corrected chi connectivity index (χ1v) is 31.9. The van der Waals surface area contributed by atoms with Crippen LogP contribution in [0.3, 0.4) is 0 Å². The molecule has 0 aromatic carbocycles. The molecule has 0 rings (SSSR count). The van der Waals surface area contributed by atoms with Crippen LogP contribution in [0.2, 0.25) is 0 Å². The minimum Gasteiger partial charge on any atom is -0.462 e. The van der Waals surface area contributed by atoms with Gasteiger partial charge in [-0.25, -0.2) is 0 Å². The fourth-order valence-corrected chi connectivity index (χ4v) is 7.53. The summed E-state index contributed by atoms with van der Waals surface area (Å²) in [5.74, 6) is -1.17. The van der Waals surface area contributed by atoms with Crippen LogP contribution < -0.4 is 0 Å². The average Bonchev–Trinajstić information content (AvgIpc) is 3.49. The largest absolute Gasteiger partial charge is 0.462 e. The highest BCUT2D eigenvalue weighted by Gasteiger charge is 2.19. The van der Waals surface area contributed by atoms with Gasteiger partial charge in [-0.1, -0.05) is 265 Å². The second-order valence-corrected chi connectivity index (χ2v) is 19.8. The van der Waals surface area contributed by atoms with Crippen molar-refractivity contribution in [2.75, 3.05) is 13.2 Å². The van der Waals surface area contributed by atoms with E-state index in [0.29, 0.717) is 19.3 Å². The number of carbonyl (C=O) groups excluding carboxylic acids is 3. The van der Waals surface area contributed by atoms with Crippen molar-refractivity contribution in [2.45, 2.75) is 219 Å². The van der Waals surface area contributed by atoms with Crippen molar-refractivity contribution < 1.29 is 28.6 Å². The van der Waals surface area contributed by atoms with Crippen LogP contribution in [0, 0.1) is 0 Å². The monoisotopic (exact) mass is 1130 g/mol. The minimum atomic E-state index is -0.866. The summed E-state index contributed by atoms with van der Waals surface area (Å²) in [7, 11) is 0. The van der Waals surface area contributed by atoms with E-state index in [1.165, 1.54) is 0 Å². The highest BCUT2D eigenvalue weighted by molar-refractivity contribution is 5.72. The smallest absolute Gasteiger partial charge is 0.309 e. The summed E-state index contributed by atoms with van der Waals surface area (Å²) in [5, 5.41) is 0. The lowest BCUT2D eigenvalue weighted by Gasteiger charge is -2.18. The van der Waals surface area contributed by atoms with Crippen LogP contribution >= 0.6 is 0 Å². The van der Waals surface area contributed by atoms with Crippen LogP contribution in [-0.2, 0) is 28.6 Å². The van der Waals surface area contributed by atoms with E-state index in [9.17, 15) is 14.4 Å². The fraction of sp³-hybridized carbons (Fsp3) is 0.468. The Hall–Kier alpha value is -6.53. The van der Waals surface area contributed by atoms with Crippen LogP contribution in [0.25, 0.3) is 0 Å². The Balaban J connectivity index is 4.55. The van der Waals surface area contributed by atoms with Gasteiger partial charge in [0.2, 0.25) is 0 Å². The second kappa shape index (κ2) is 68.0. The number of esters is 3. The summed E-state index contributed by atoms with van der Waals surface area (Å²) in [6.45, 7) is 6.12. The SMILES string of the molecule is CC/C=C\C/C=C\C/C=C\C/C=C\C/C=C\C/C=C\C/C=C\C/C=C\C/C=C\C/C=C\CCCCC(=O)OCC(COC(=O)C/C=C\C/C=C\C/C=C\C/C=C\C/C=C\CC)OC(=O)CCCCCC/C=C\C/C=C\C/C=C\C/C=C\CC. The van der Waals surface area contributed by atoms with Crippen molar-refractivity contribution in [3.05, 3.63) is 231 Å². The second-order valence-electron chi connectivity index (χ2n) is 19.8. The number of carbonyl (C=O) groups is 3. The molecule has 0 aromatic rings. The summed E-state index contributed by atoms with van der Waals surface area (Å²) in [5.41, 5.74) is 0. The molecule has 0 bridgehead atoms. The first-order chi connectivity index (χ1) is 41.0. The first kappa shape index (κ1) is 76.5. The van der Waals surface area contributed by atoms with E-state index in [1.54, 1.807) is 6.08 Å². The van der Waals surface area contributed by atoms with Gasteiger partial charge in [-0.3, -0.25) is 14.4 Å². The summed E-state index contributed by atoms with van der Waals surface area (Å²) in [6, 6.07) is 0. The summed E-state index contributed by atoms with van der Waals surface area (Å²) >= 11 is 0. The van der Waals surface area contributed by atoms with Crippen molar-refractivity contribution in [1.29, 1.82) is 0 Å². The Morgan fingerprint density at radius 2 is 0.482 bits per heavy atom. The molecular weight excluding hydrogens is 1020 g/mol. The Labute approximate surface area is 507 Å². The molecule has 0 aliphatic rings. The number of hydrogen-bond acceptors (Lipinski definition) is 6. The fourth-order valence-electron chi connectivity index (χ4n) is 7.53. The first-order valence-electron chi connectivity index (χ1n) is 31.9. The van der Waals surface area contributed by atoms with Crippen LogP contribution in [0.4, 0.5) is 0 Å². The molecule has 0 N–H and O–H groups in total. The van der Waals surface area contributed by atoms with Gasteiger partial charge in [0.15, 0.2) is 6.10 Å². The van der Waals surface area contributed by atoms with E-state index in [0.717, 1.165) is 154 Å². The molecule has 1 atom stereocenters. The molecule has 83 heavy (non-hydrogen) atoms. The highest BCUT2D eigenvalue weighted by atomic mass is 16.6. The van der Waals surface area contributed by atoms with Gasteiger partial charge < -0.3 is 14.2 Å². The maximum absolute atomic E-state index is 12.9. The molecule has 6 heteroatoms. The van der Waals surface area contributed by atoms with E-state index in [-0.39, 0.29) is 44.4 Å². The van der Waals surface area contributed by atoms with E-state index < -0.39 is 12.1 Å². The van der Waals surface area contributed by atoms with Crippen molar-refractivity contribution in [3.8, 4) is 0 Å². The van der Waals surface area contributed by atoms with Crippen molar-refractivity contribution >= 4 is 17.9 Å². The van der Waals surface area contributed by atoms with E-state index in [1.807, 2.05) is 6.08 Å². The zero-order valence-corrected chi connectivity index (χ0v) is 52.1. The Morgan fingerprint density at radius 3 is 0.795 bits per heavy atom. The Morgan fingerprint density at radius 1 is 0.253 bits per heavy atom. The quantitative estimate of drug-likeness (QED) is 0.0261. The molecule has 0 amide bonds. The lowest BCUT2D eigenvalue weighted by atomic mass is 10.1. The summed E-state index contributed by atoms with van der Waals surface area (Å²) in [6.07, 6.45) is 108. The Kier molecular flexibility index (Phi) is 62.6. The molecule has 6 nitrogen and oxygen atoms in total. The number of unbranched alkanes of at least 4 members (excludes halogenated alkanes) is 6. The Bertz CT molecular complexity index is 2130. The number of allylic oxidation sites excluding steroid dienone is 37. The molecule has 0 spiro atoms. The molecule has 0 saturated carbocycles. The zero-order valence-electron chi connectivity index (χ0n) is 52.1. The molecule has 0 aromatic heterocycles. The molecule has 0 heterocycles. The van der Waals surface area contributed by atoms with Crippen molar-refractivity contribution in [3.63, 3.8) is 0 Å². The molecule has 0 radical (unpaired) electrons. The molecule has 0 aliphatic heterocycles. The topological polar surface area (TPSA) is 78.9 Å². The van der Waals surface area contributed by atoms with Gasteiger partial charge in [0.05, 0.1) is 6.42 Å². The molecule has 0 fully saturated rings. The van der Waals surface area contributed by atoms with Crippen LogP contribution in [0.15, 0.2) is 231 Å². The maximum Gasteiger partial charge on any atom is 0.309 e. The van der Waals surface area contributed by atoms with Crippen LogP contribution in [0.5, 0.6) is 0 Å². The third kappa shape index (κ3) is 66.2. The van der Waals surface area contributed by atoms with Gasteiger partial charge in [0, 0.05) is 12.8 Å². The molecule has 0 saturated heterocycles. The molecule has 1 unspecified atom stereocenters. The molecule has 0 aliphatic carbocycles. The van der Waals surface area contributed by atoms with E-state index in [4.69, 9.17) is 14.2 Å². The van der Waals surface area contributed by atoms with Gasteiger partial charge in [-0.05, 0) is 161 Å². The lowest BCUT2D eigenvalue weighted by Crippen LogP contribution is -2.30. The summed E-state index contributed by atoms with van der Waals surface area (Å²) < 4.78 is 16.7. The van der Waals surface area contributed by atoms with E-state index in [2.05, 4.69) is 240 Å². The van der Waals surface area contributed by atoms with Gasteiger partial charge in [0.1, 0.15) is 13.2 Å². The van der Waals surface area contributed by atoms with Crippen molar-refractivity contribution in [1.82, 2.24) is 0 Å². The van der Waals surface area contributed by atoms with Gasteiger partial charge in [-0.2, -0.15) is 0 Å². The standard InChI is InChI=1S/C77H112O6/c1-4-7-10-13-16-19-22-25-28-30-31-32-33-34-35-36-37-38-39-40-41-42-43-44-45-47-49-52-55-58-61-64-67-70-76(79)82-73-74(72-81-75(78)69-66-63-60-57-54-51-48-27-24-21-18-15-12-9-6-3)83-77(80)71-68-65-62-59-56-53-50-46-29-26-23-20-17-14-11-8-5-2/h7-12,16-21,25-29,31-32,34-35,37-38,40-41,43-44,47-50,53-55,57-58,63,66,74H,4-6,13-15,22-24,30,33,36,39,42,45-46,51-52,56,59-62,64-65,67-73H2,1-3H3/b10-7-,11-8-,12-9-,19-16-,20-17-,21-18-,28-25-,29-26-,32-31-,35-34-,38-37-,41-40-,44-43-,48-27-,49-47-,53-50-,57-54-,58-55-,66-63-. The average molecular weight is 1130 g/mol. The maximum atomic E-state index is 12.9.